The Labute approximate surface area is 82.7 Å². The highest BCUT2D eigenvalue weighted by Crippen LogP contribution is 2.20. The molecular formula is C11H24N2. The van der Waals surface area contributed by atoms with E-state index < -0.39 is 0 Å². The Kier molecular flexibility index (Phi) is 4.74. The van der Waals surface area contributed by atoms with Crippen LogP contribution in [0.2, 0.25) is 0 Å². The van der Waals surface area contributed by atoms with E-state index >= 15 is 0 Å². The van der Waals surface area contributed by atoms with Crippen molar-refractivity contribution in [2.24, 2.45) is 11.8 Å². The van der Waals surface area contributed by atoms with Crippen LogP contribution in [0.1, 0.15) is 27.2 Å². The number of nitrogens with one attached hydrogen (secondary N) is 1. The number of nitrogens with zero attached hydrogens (tertiary/aromatic N) is 1. The first-order valence-corrected chi connectivity index (χ1v) is 5.65. The van der Waals surface area contributed by atoms with Gasteiger partial charge in [0.1, 0.15) is 0 Å². The SMILES string of the molecule is CCNCCN1C[C@@H](C)C[C@H](C)C1. The molecule has 2 nitrogen and oxygen atoms in total. The van der Waals surface area contributed by atoms with Gasteiger partial charge in [0.15, 0.2) is 0 Å². The third-order valence-electron chi connectivity index (χ3n) is 2.80. The van der Waals surface area contributed by atoms with Crippen molar-refractivity contribution in [2.75, 3.05) is 32.7 Å². The van der Waals surface area contributed by atoms with Crippen LogP contribution >= 0.6 is 0 Å². The molecule has 0 aromatic carbocycles. The summed E-state index contributed by atoms with van der Waals surface area (Å²) in [6.07, 6.45) is 1.41. The molecule has 1 heterocycles. The minimum atomic E-state index is 0.894. The molecule has 0 spiro atoms. The fourth-order valence-electron chi connectivity index (χ4n) is 2.39. The number of likely N-dealkylation sites (tertiary alicyclic amines) is 1. The summed E-state index contributed by atoms with van der Waals surface area (Å²) in [6.45, 7) is 13.0. The third-order valence-corrected chi connectivity index (χ3v) is 2.80. The molecule has 0 saturated carbocycles. The van der Waals surface area contributed by atoms with E-state index in [0.717, 1.165) is 24.9 Å². The van der Waals surface area contributed by atoms with Crippen molar-refractivity contribution in [3.8, 4) is 0 Å². The average molecular weight is 184 g/mol. The molecule has 0 radical (unpaired) electrons. The first-order valence-electron chi connectivity index (χ1n) is 5.65. The van der Waals surface area contributed by atoms with Crippen LogP contribution in [0.3, 0.4) is 0 Å². The molecule has 1 aliphatic heterocycles. The van der Waals surface area contributed by atoms with Gasteiger partial charge in [-0.05, 0) is 24.8 Å². The predicted octanol–water partition coefficient (Wildman–Crippen LogP) is 1.57. The molecule has 0 unspecified atom stereocenters. The van der Waals surface area contributed by atoms with Gasteiger partial charge in [-0.2, -0.15) is 0 Å². The lowest BCUT2D eigenvalue weighted by atomic mass is 9.92. The molecular weight excluding hydrogens is 160 g/mol. The van der Waals surface area contributed by atoms with Gasteiger partial charge in [-0.1, -0.05) is 20.8 Å². The highest BCUT2D eigenvalue weighted by molar-refractivity contribution is 4.74. The lowest BCUT2D eigenvalue weighted by Crippen LogP contribution is -2.42. The van der Waals surface area contributed by atoms with Crippen molar-refractivity contribution >= 4 is 0 Å². The second kappa shape index (κ2) is 5.61. The Morgan fingerprint density at radius 3 is 2.38 bits per heavy atom. The van der Waals surface area contributed by atoms with Crippen LogP contribution in [-0.2, 0) is 0 Å². The van der Waals surface area contributed by atoms with Crippen LogP contribution in [0, 0.1) is 11.8 Å². The zero-order valence-corrected chi connectivity index (χ0v) is 9.34. The van der Waals surface area contributed by atoms with Gasteiger partial charge in [-0.25, -0.2) is 0 Å². The Hall–Kier alpha value is -0.0800. The number of piperidine rings is 1. The standard InChI is InChI=1S/C11H24N2/c1-4-12-5-6-13-8-10(2)7-11(3)9-13/h10-12H,4-9H2,1-3H3/t10-,11-/m0/s1. The van der Waals surface area contributed by atoms with Crippen molar-refractivity contribution < 1.29 is 0 Å². The molecule has 13 heavy (non-hydrogen) atoms. The maximum absolute atomic E-state index is 3.38. The van der Waals surface area contributed by atoms with Crippen LogP contribution in [0.15, 0.2) is 0 Å². The summed E-state index contributed by atoms with van der Waals surface area (Å²) < 4.78 is 0. The molecule has 2 heteroatoms. The lowest BCUT2D eigenvalue weighted by molar-refractivity contribution is 0.142. The minimum absolute atomic E-state index is 0.894. The van der Waals surface area contributed by atoms with Crippen molar-refractivity contribution in [1.29, 1.82) is 0 Å². The smallest absolute Gasteiger partial charge is 0.0107 e. The highest BCUT2D eigenvalue weighted by atomic mass is 15.1. The molecule has 0 bridgehead atoms. The molecule has 78 valence electrons. The quantitative estimate of drug-likeness (QED) is 0.667. The summed E-state index contributed by atoms with van der Waals surface area (Å²) in [7, 11) is 0. The van der Waals surface area contributed by atoms with E-state index in [4.69, 9.17) is 0 Å². The number of hydrogen-bond donors (Lipinski definition) is 1. The first kappa shape index (κ1) is 11.0. The molecule has 1 fully saturated rings. The fraction of sp³-hybridized carbons (Fsp3) is 1.00. The maximum atomic E-state index is 3.38. The second-order valence-electron chi connectivity index (χ2n) is 4.56. The second-order valence-corrected chi connectivity index (χ2v) is 4.56. The van der Waals surface area contributed by atoms with Gasteiger partial charge >= 0.3 is 0 Å². The summed E-state index contributed by atoms with van der Waals surface area (Å²) >= 11 is 0. The predicted molar refractivity (Wildman–Crippen MR) is 57.9 cm³/mol. The van der Waals surface area contributed by atoms with Gasteiger partial charge in [0.05, 0.1) is 0 Å². The highest BCUT2D eigenvalue weighted by Gasteiger charge is 2.20. The fourth-order valence-corrected chi connectivity index (χ4v) is 2.39. The normalized spacial score (nSPS) is 30.7. The van der Waals surface area contributed by atoms with E-state index in [1.807, 2.05) is 0 Å². The monoisotopic (exact) mass is 184 g/mol. The van der Waals surface area contributed by atoms with E-state index in [9.17, 15) is 0 Å². The van der Waals surface area contributed by atoms with Crippen LogP contribution in [0.25, 0.3) is 0 Å². The average Bonchev–Trinajstić information content (AvgIpc) is 2.03. The number of likely N-dealkylation sites (N-methyl/N-ethyl adjacent to an activating group) is 1. The van der Waals surface area contributed by atoms with E-state index in [2.05, 4.69) is 31.0 Å². The van der Waals surface area contributed by atoms with Gasteiger partial charge in [0, 0.05) is 26.2 Å². The molecule has 0 aliphatic carbocycles. The van der Waals surface area contributed by atoms with Crippen LogP contribution in [-0.4, -0.2) is 37.6 Å². The maximum Gasteiger partial charge on any atom is 0.0107 e. The van der Waals surface area contributed by atoms with Crippen LogP contribution in [0.5, 0.6) is 0 Å². The Bertz CT molecular complexity index is 126. The van der Waals surface area contributed by atoms with E-state index in [0.29, 0.717) is 0 Å². The molecule has 2 atom stereocenters. The van der Waals surface area contributed by atoms with E-state index in [1.54, 1.807) is 0 Å². The molecule has 1 N–H and O–H groups in total. The van der Waals surface area contributed by atoms with E-state index in [-0.39, 0.29) is 0 Å². The molecule has 1 aliphatic rings. The van der Waals surface area contributed by atoms with Crippen molar-refractivity contribution in [1.82, 2.24) is 10.2 Å². The Morgan fingerprint density at radius 2 is 1.85 bits per heavy atom. The van der Waals surface area contributed by atoms with Gasteiger partial charge in [0.25, 0.3) is 0 Å². The summed E-state index contributed by atoms with van der Waals surface area (Å²) in [6, 6.07) is 0. The van der Waals surface area contributed by atoms with Crippen LogP contribution in [0.4, 0.5) is 0 Å². The number of hydrogen-bond acceptors (Lipinski definition) is 2. The molecule has 0 aromatic rings. The summed E-state index contributed by atoms with van der Waals surface area (Å²) in [5, 5.41) is 3.38. The molecule has 0 amide bonds. The topological polar surface area (TPSA) is 15.3 Å². The van der Waals surface area contributed by atoms with Gasteiger partial charge in [-0.15, -0.1) is 0 Å². The van der Waals surface area contributed by atoms with Gasteiger partial charge in [0.2, 0.25) is 0 Å². The first-order chi connectivity index (χ1) is 6.22. The molecule has 0 aromatic heterocycles. The Morgan fingerprint density at radius 1 is 1.23 bits per heavy atom. The number of rotatable bonds is 4. The largest absolute Gasteiger partial charge is 0.316 e. The summed E-state index contributed by atoms with van der Waals surface area (Å²) in [4.78, 5) is 2.60. The van der Waals surface area contributed by atoms with Gasteiger partial charge < -0.3 is 10.2 Å². The lowest BCUT2D eigenvalue weighted by Gasteiger charge is -2.34. The van der Waals surface area contributed by atoms with Crippen LogP contribution < -0.4 is 5.32 Å². The molecule has 1 saturated heterocycles. The van der Waals surface area contributed by atoms with Crippen molar-refractivity contribution in [3.63, 3.8) is 0 Å². The zero-order valence-electron chi connectivity index (χ0n) is 9.34. The van der Waals surface area contributed by atoms with E-state index in [1.165, 1.54) is 26.1 Å². The zero-order chi connectivity index (χ0) is 9.68. The summed E-state index contributed by atoms with van der Waals surface area (Å²) in [5.74, 6) is 1.79. The summed E-state index contributed by atoms with van der Waals surface area (Å²) in [5.41, 5.74) is 0. The Balaban J connectivity index is 2.17. The molecule has 1 rings (SSSR count). The minimum Gasteiger partial charge on any atom is -0.316 e. The van der Waals surface area contributed by atoms with Crippen molar-refractivity contribution in [3.05, 3.63) is 0 Å². The van der Waals surface area contributed by atoms with Crippen molar-refractivity contribution in [2.45, 2.75) is 27.2 Å². The third kappa shape index (κ3) is 4.10. The van der Waals surface area contributed by atoms with Gasteiger partial charge in [-0.3, -0.25) is 0 Å².